The van der Waals surface area contributed by atoms with E-state index in [1.807, 2.05) is 13.1 Å². The molecular weight excluding hydrogens is 224 g/mol. The summed E-state index contributed by atoms with van der Waals surface area (Å²) >= 11 is 0. The average Bonchev–Trinajstić information content (AvgIpc) is 2.76. The number of ether oxygens (including phenoxy) is 1. The van der Waals surface area contributed by atoms with Gasteiger partial charge in [-0.1, -0.05) is 0 Å². The number of benzene rings is 1. The van der Waals surface area contributed by atoms with Crippen molar-refractivity contribution in [3.63, 3.8) is 0 Å². The Kier molecular flexibility index (Phi) is 4.26. The van der Waals surface area contributed by atoms with Crippen molar-refractivity contribution >= 4 is 10.9 Å². The Labute approximate surface area is 109 Å². The van der Waals surface area contributed by atoms with Crippen molar-refractivity contribution in [1.82, 2.24) is 9.88 Å². The second-order valence-electron chi connectivity index (χ2n) is 4.53. The quantitative estimate of drug-likeness (QED) is 0.793. The Hall–Kier alpha value is -1.48. The summed E-state index contributed by atoms with van der Waals surface area (Å²) in [6.07, 6.45) is 4.57. The fourth-order valence-electron chi connectivity index (χ4n) is 2.39. The molecule has 1 aromatic carbocycles. The predicted octanol–water partition coefficient (Wildman–Crippen LogP) is 2.82. The van der Waals surface area contributed by atoms with Gasteiger partial charge in [-0.05, 0) is 51.1 Å². The molecular formula is C15H22N2O. The van der Waals surface area contributed by atoms with Crippen LogP contribution in [0.25, 0.3) is 10.9 Å². The zero-order chi connectivity index (χ0) is 13.0. The molecule has 0 amide bonds. The van der Waals surface area contributed by atoms with E-state index in [-0.39, 0.29) is 0 Å². The van der Waals surface area contributed by atoms with Crippen LogP contribution < -0.4 is 10.1 Å². The largest absolute Gasteiger partial charge is 0.497 e. The van der Waals surface area contributed by atoms with Gasteiger partial charge in [-0.2, -0.15) is 0 Å². The molecule has 0 saturated heterocycles. The van der Waals surface area contributed by atoms with Crippen molar-refractivity contribution in [1.29, 1.82) is 0 Å². The maximum Gasteiger partial charge on any atom is 0.120 e. The Balaban J connectivity index is 2.36. The van der Waals surface area contributed by atoms with E-state index in [1.165, 1.54) is 22.9 Å². The van der Waals surface area contributed by atoms with Crippen molar-refractivity contribution in [2.75, 3.05) is 20.7 Å². The first kappa shape index (κ1) is 13.0. The minimum absolute atomic E-state index is 0.928. The molecule has 0 saturated carbocycles. The highest BCUT2D eigenvalue weighted by atomic mass is 16.5. The van der Waals surface area contributed by atoms with E-state index in [4.69, 9.17) is 4.74 Å². The molecule has 98 valence electrons. The number of hydrogen-bond donors (Lipinski definition) is 1. The van der Waals surface area contributed by atoms with E-state index in [2.05, 4.69) is 35.1 Å². The summed E-state index contributed by atoms with van der Waals surface area (Å²) < 4.78 is 7.60. The van der Waals surface area contributed by atoms with E-state index in [1.54, 1.807) is 7.11 Å². The van der Waals surface area contributed by atoms with Crippen LogP contribution >= 0.6 is 0 Å². The van der Waals surface area contributed by atoms with Gasteiger partial charge in [0.2, 0.25) is 0 Å². The number of hydrogen-bond acceptors (Lipinski definition) is 2. The molecule has 0 aliphatic heterocycles. The predicted molar refractivity (Wildman–Crippen MR) is 76.4 cm³/mol. The summed E-state index contributed by atoms with van der Waals surface area (Å²) in [6.45, 7) is 4.24. The maximum atomic E-state index is 5.31. The molecule has 1 heterocycles. The third-order valence-corrected chi connectivity index (χ3v) is 3.39. The van der Waals surface area contributed by atoms with Crippen LogP contribution in [0.1, 0.15) is 18.9 Å². The SMILES string of the molecule is CCn1cc(CCCNC)c2ccc(OC)cc21. The number of rotatable bonds is 6. The topological polar surface area (TPSA) is 26.2 Å². The van der Waals surface area contributed by atoms with Crippen LogP contribution in [0.5, 0.6) is 5.75 Å². The van der Waals surface area contributed by atoms with Crippen LogP contribution in [-0.4, -0.2) is 25.3 Å². The van der Waals surface area contributed by atoms with Crippen LogP contribution in [0, 0.1) is 0 Å². The highest BCUT2D eigenvalue weighted by molar-refractivity contribution is 5.85. The van der Waals surface area contributed by atoms with Gasteiger partial charge in [0, 0.05) is 24.2 Å². The molecule has 2 aromatic rings. The maximum absolute atomic E-state index is 5.31. The molecule has 0 aliphatic carbocycles. The third kappa shape index (κ3) is 2.51. The molecule has 1 N–H and O–H groups in total. The lowest BCUT2D eigenvalue weighted by atomic mass is 10.1. The molecule has 0 atom stereocenters. The number of aryl methyl sites for hydroxylation is 2. The first-order valence-electron chi connectivity index (χ1n) is 6.60. The van der Waals surface area contributed by atoms with Crippen LogP contribution in [0.15, 0.2) is 24.4 Å². The highest BCUT2D eigenvalue weighted by Gasteiger charge is 2.08. The summed E-state index contributed by atoms with van der Waals surface area (Å²) in [6, 6.07) is 6.35. The summed E-state index contributed by atoms with van der Waals surface area (Å²) in [4.78, 5) is 0. The highest BCUT2D eigenvalue weighted by Crippen LogP contribution is 2.26. The van der Waals surface area contributed by atoms with Gasteiger partial charge < -0.3 is 14.6 Å². The lowest BCUT2D eigenvalue weighted by molar-refractivity contribution is 0.415. The van der Waals surface area contributed by atoms with Gasteiger partial charge in [0.1, 0.15) is 5.75 Å². The zero-order valence-electron chi connectivity index (χ0n) is 11.5. The van der Waals surface area contributed by atoms with Crippen molar-refractivity contribution in [3.05, 3.63) is 30.0 Å². The molecule has 0 fully saturated rings. The second-order valence-corrected chi connectivity index (χ2v) is 4.53. The van der Waals surface area contributed by atoms with Crippen LogP contribution in [0.3, 0.4) is 0 Å². The van der Waals surface area contributed by atoms with E-state index in [9.17, 15) is 0 Å². The van der Waals surface area contributed by atoms with Crippen LogP contribution in [0.4, 0.5) is 0 Å². The Morgan fingerprint density at radius 1 is 1.33 bits per heavy atom. The lowest BCUT2D eigenvalue weighted by Gasteiger charge is -2.03. The first-order chi connectivity index (χ1) is 8.80. The monoisotopic (exact) mass is 246 g/mol. The van der Waals surface area contributed by atoms with Gasteiger partial charge in [-0.15, -0.1) is 0 Å². The van der Waals surface area contributed by atoms with Crippen molar-refractivity contribution < 1.29 is 4.74 Å². The van der Waals surface area contributed by atoms with Crippen molar-refractivity contribution in [2.45, 2.75) is 26.3 Å². The van der Waals surface area contributed by atoms with Crippen LogP contribution in [0.2, 0.25) is 0 Å². The van der Waals surface area contributed by atoms with Gasteiger partial charge in [-0.3, -0.25) is 0 Å². The Bertz CT molecular complexity index is 516. The van der Waals surface area contributed by atoms with Gasteiger partial charge in [-0.25, -0.2) is 0 Å². The standard InChI is InChI=1S/C15H22N2O/c1-4-17-11-12(6-5-9-16-2)14-8-7-13(18-3)10-15(14)17/h7-8,10-11,16H,4-6,9H2,1-3H3. The number of methoxy groups -OCH3 is 1. The summed E-state index contributed by atoms with van der Waals surface area (Å²) in [5, 5.41) is 4.55. The van der Waals surface area contributed by atoms with E-state index >= 15 is 0 Å². The molecule has 0 radical (unpaired) electrons. The van der Waals surface area contributed by atoms with Gasteiger partial charge in [0.05, 0.1) is 12.6 Å². The van der Waals surface area contributed by atoms with Gasteiger partial charge in [0.25, 0.3) is 0 Å². The van der Waals surface area contributed by atoms with Gasteiger partial charge in [0.15, 0.2) is 0 Å². The Morgan fingerprint density at radius 2 is 2.17 bits per heavy atom. The fraction of sp³-hybridized carbons (Fsp3) is 0.467. The third-order valence-electron chi connectivity index (χ3n) is 3.39. The average molecular weight is 246 g/mol. The number of fused-ring (bicyclic) bond motifs is 1. The van der Waals surface area contributed by atoms with Crippen molar-refractivity contribution in [3.8, 4) is 5.75 Å². The summed E-state index contributed by atoms with van der Waals surface area (Å²) in [5.41, 5.74) is 2.71. The number of nitrogens with zero attached hydrogens (tertiary/aromatic N) is 1. The molecule has 18 heavy (non-hydrogen) atoms. The molecule has 1 aromatic heterocycles. The summed E-state index contributed by atoms with van der Waals surface area (Å²) in [5.74, 6) is 0.928. The zero-order valence-corrected chi connectivity index (χ0v) is 11.5. The summed E-state index contributed by atoms with van der Waals surface area (Å²) in [7, 11) is 3.72. The minimum Gasteiger partial charge on any atom is -0.497 e. The van der Waals surface area contributed by atoms with E-state index in [0.29, 0.717) is 0 Å². The smallest absolute Gasteiger partial charge is 0.120 e. The molecule has 0 unspecified atom stereocenters. The number of aromatic nitrogens is 1. The molecule has 2 rings (SSSR count). The second kappa shape index (κ2) is 5.91. The molecule has 0 bridgehead atoms. The van der Waals surface area contributed by atoms with E-state index < -0.39 is 0 Å². The van der Waals surface area contributed by atoms with E-state index in [0.717, 1.165) is 25.3 Å². The molecule has 0 aliphatic rings. The molecule has 0 spiro atoms. The minimum atomic E-state index is 0.928. The normalized spacial score (nSPS) is 11.1. The van der Waals surface area contributed by atoms with Gasteiger partial charge >= 0.3 is 0 Å². The Morgan fingerprint density at radius 3 is 2.83 bits per heavy atom. The first-order valence-corrected chi connectivity index (χ1v) is 6.60. The molecule has 3 heteroatoms. The molecule has 3 nitrogen and oxygen atoms in total. The number of nitrogens with one attached hydrogen (secondary N) is 1. The lowest BCUT2D eigenvalue weighted by Crippen LogP contribution is -2.08. The van der Waals surface area contributed by atoms with Crippen molar-refractivity contribution in [2.24, 2.45) is 0 Å². The fourth-order valence-corrected chi connectivity index (χ4v) is 2.39. The van der Waals surface area contributed by atoms with Crippen LogP contribution in [-0.2, 0) is 13.0 Å².